The third-order valence-electron chi connectivity index (χ3n) is 2.48. The molecular formula is C15H21N3O4. The van der Waals surface area contributed by atoms with E-state index in [4.69, 9.17) is 0 Å². The molecule has 1 rings (SSSR count). The van der Waals surface area contributed by atoms with E-state index in [9.17, 15) is 14.4 Å². The first-order valence-electron chi connectivity index (χ1n) is 6.75. The summed E-state index contributed by atoms with van der Waals surface area (Å²) in [5.41, 5.74) is 0.528. The molecule has 22 heavy (non-hydrogen) atoms. The Balaban J connectivity index is 2.51. The number of benzene rings is 1. The first-order valence-corrected chi connectivity index (χ1v) is 6.75. The molecule has 1 aromatic rings. The molecule has 0 bridgehead atoms. The zero-order chi connectivity index (χ0) is 16.8. The monoisotopic (exact) mass is 307 g/mol. The van der Waals surface area contributed by atoms with Crippen molar-refractivity contribution in [3.63, 3.8) is 0 Å². The first kappa shape index (κ1) is 17.5. The van der Waals surface area contributed by atoms with Crippen LogP contribution in [0.4, 0.5) is 10.5 Å². The van der Waals surface area contributed by atoms with Crippen molar-refractivity contribution >= 4 is 23.6 Å². The summed E-state index contributed by atoms with van der Waals surface area (Å²) < 4.78 is 4.62. The fraction of sp³-hybridized carbons (Fsp3) is 0.400. The number of imide groups is 1. The number of ether oxygens (including phenoxy) is 1. The highest BCUT2D eigenvalue weighted by Crippen LogP contribution is 2.11. The molecule has 0 unspecified atom stereocenters. The van der Waals surface area contributed by atoms with Gasteiger partial charge in [-0.15, -0.1) is 0 Å². The van der Waals surface area contributed by atoms with Crippen molar-refractivity contribution in [3.8, 4) is 0 Å². The van der Waals surface area contributed by atoms with Gasteiger partial charge in [0, 0.05) is 11.2 Å². The van der Waals surface area contributed by atoms with Crippen molar-refractivity contribution in [1.82, 2.24) is 10.6 Å². The van der Waals surface area contributed by atoms with E-state index >= 15 is 0 Å². The Morgan fingerprint density at radius 3 is 2.45 bits per heavy atom. The van der Waals surface area contributed by atoms with Gasteiger partial charge in [-0.3, -0.25) is 10.1 Å². The van der Waals surface area contributed by atoms with Gasteiger partial charge in [-0.25, -0.2) is 9.59 Å². The third kappa shape index (κ3) is 6.25. The highest BCUT2D eigenvalue weighted by molar-refractivity contribution is 5.96. The zero-order valence-electron chi connectivity index (χ0n) is 13.1. The van der Waals surface area contributed by atoms with E-state index in [1.807, 2.05) is 20.8 Å². The number of urea groups is 1. The largest absolute Gasteiger partial charge is 0.465 e. The SMILES string of the molecule is COC(=O)c1cccc(NCC(=O)NC(=O)NC(C)(C)C)c1. The maximum Gasteiger partial charge on any atom is 0.337 e. The van der Waals surface area contributed by atoms with E-state index in [0.29, 0.717) is 11.3 Å². The van der Waals surface area contributed by atoms with Gasteiger partial charge in [0.15, 0.2) is 0 Å². The van der Waals surface area contributed by atoms with E-state index in [-0.39, 0.29) is 6.54 Å². The number of carbonyl (C=O) groups excluding carboxylic acids is 3. The Labute approximate surface area is 129 Å². The molecule has 0 saturated carbocycles. The topological polar surface area (TPSA) is 96.5 Å². The third-order valence-corrected chi connectivity index (χ3v) is 2.48. The van der Waals surface area contributed by atoms with E-state index in [0.717, 1.165) is 0 Å². The first-order chi connectivity index (χ1) is 10.2. The number of rotatable bonds is 4. The fourth-order valence-electron chi connectivity index (χ4n) is 1.60. The van der Waals surface area contributed by atoms with Crippen LogP contribution in [-0.2, 0) is 9.53 Å². The standard InChI is InChI=1S/C15H21N3O4/c1-15(2,3)18-14(21)17-12(19)9-16-11-7-5-6-10(8-11)13(20)22-4/h5-8,16H,9H2,1-4H3,(H2,17,18,19,21). The summed E-state index contributed by atoms with van der Waals surface area (Å²) in [7, 11) is 1.30. The molecule has 0 spiro atoms. The van der Waals surface area contributed by atoms with Gasteiger partial charge in [0.1, 0.15) is 0 Å². The molecule has 0 aliphatic rings. The average Bonchev–Trinajstić information content (AvgIpc) is 2.42. The normalized spacial score (nSPS) is 10.5. The second-order valence-electron chi connectivity index (χ2n) is 5.68. The number of hydrogen-bond donors (Lipinski definition) is 3. The van der Waals surface area contributed by atoms with Gasteiger partial charge in [-0.05, 0) is 39.0 Å². The maximum absolute atomic E-state index is 11.7. The van der Waals surface area contributed by atoms with Crippen LogP contribution in [0.25, 0.3) is 0 Å². The minimum Gasteiger partial charge on any atom is -0.465 e. The van der Waals surface area contributed by atoms with Crippen LogP contribution in [0.1, 0.15) is 31.1 Å². The predicted octanol–water partition coefficient (Wildman–Crippen LogP) is 1.51. The van der Waals surface area contributed by atoms with Crippen molar-refractivity contribution < 1.29 is 19.1 Å². The van der Waals surface area contributed by atoms with Gasteiger partial charge in [0.25, 0.3) is 0 Å². The molecule has 120 valence electrons. The Hall–Kier alpha value is -2.57. The van der Waals surface area contributed by atoms with Crippen LogP contribution >= 0.6 is 0 Å². The predicted molar refractivity (Wildman–Crippen MR) is 82.7 cm³/mol. The molecule has 0 aliphatic carbocycles. The molecule has 3 amide bonds. The highest BCUT2D eigenvalue weighted by Gasteiger charge is 2.15. The summed E-state index contributed by atoms with van der Waals surface area (Å²) in [5.74, 6) is -0.942. The Morgan fingerprint density at radius 2 is 1.86 bits per heavy atom. The molecule has 0 atom stereocenters. The van der Waals surface area contributed by atoms with Gasteiger partial charge >= 0.3 is 12.0 Å². The van der Waals surface area contributed by atoms with E-state index in [1.54, 1.807) is 24.3 Å². The lowest BCUT2D eigenvalue weighted by Gasteiger charge is -2.20. The average molecular weight is 307 g/mol. The molecule has 0 aliphatic heterocycles. The molecule has 0 aromatic heterocycles. The Kier molecular flexibility index (Phi) is 5.91. The van der Waals surface area contributed by atoms with Gasteiger partial charge < -0.3 is 15.4 Å². The smallest absolute Gasteiger partial charge is 0.337 e. The van der Waals surface area contributed by atoms with Crippen molar-refractivity contribution in [2.24, 2.45) is 0 Å². The van der Waals surface area contributed by atoms with Crippen LogP contribution in [0.3, 0.4) is 0 Å². The minimum atomic E-state index is -0.553. The summed E-state index contributed by atoms with van der Waals surface area (Å²) in [6.45, 7) is 5.34. The van der Waals surface area contributed by atoms with E-state index in [1.165, 1.54) is 7.11 Å². The lowest BCUT2D eigenvalue weighted by atomic mass is 10.1. The van der Waals surface area contributed by atoms with E-state index < -0.39 is 23.4 Å². The summed E-state index contributed by atoms with van der Waals surface area (Å²) in [5, 5.41) is 7.66. The van der Waals surface area contributed by atoms with Crippen molar-refractivity contribution in [3.05, 3.63) is 29.8 Å². The molecule has 1 aromatic carbocycles. The van der Waals surface area contributed by atoms with Crippen molar-refractivity contribution in [2.45, 2.75) is 26.3 Å². The lowest BCUT2D eigenvalue weighted by molar-refractivity contribution is -0.118. The summed E-state index contributed by atoms with van der Waals surface area (Å²) in [6.07, 6.45) is 0. The summed E-state index contributed by atoms with van der Waals surface area (Å²) >= 11 is 0. The second-order valence-corrected chi connectivity index (χ2v) is 5.68. The summed E-state index contributed by atoms with van der Waals surface area (Å²) in [4.78, 5) is 34.6. The zero-order valence-corrected chi connectivity index (χ0v) is 13.1. The van der Waals surface area contributed by atoms with Crippen LogP contribution in [0.5, 0.6) is 0 Å². The Morgan fingerprint density at radius 1 is 1.18 bits per heavy atom. The highest BCUT2D eigenvalue weighted by atomic mass is 16.5. The van der Waals surface area contributed by atoms with Crippen LogP contribution in [-0.4, -0.2) is 37.1 Å². The van der Waals surface area contributed by atoms with Crippen molar-refractivity contribution in [1.29, 1.82) is 0 Å². The van der Waals surface area contributed by atoms with Crippen LogP contribution in [0.2, 0.25) is 0 Å². The molecule has 0 radical (unpaired) electrons. The molecular weight excluding hydrogens is 286 g/mol. The van der Waals surface area contributed by atoms with Gasteiger partial charge in [0.2, 0.25) is 5.91 Å². The maximum atomic E-state index is 11.7. The van der Waals surface area contributed by atoms with Crippen molar-refractivity contribution in [2.75, 3.05) is 19.0 Å². The number of esters is 1. The molecule has 0 saturated heterocycles. The van der Waals surface area contributed by atoms with Gasteiger partial charge in [0.05, 0.1) is 19.2 Å². The lowest BCUT2D eigenvalue weighted by Crippen LogP contribution is -2.49. The van der Waals surface area contributed by atoms with Gasteiger partial charge in [-0.2, -0.15) is 0 Å². The van der Waals surface area contributed by atoms with E-state index in [2.05, 4.69) is 20.7 Å². The number of amides is 3. The Bertz CT molecular complexity index is 564. The van der Waals surface area contributed by atoms with Crippen LogP contribution in [0, 0.1) is 0 Å². The van der Waals surface area contributed by atoms with Gasteiger partial charge in [-0.1, -0.05) is 6.07 Å². The fourth-order valence-corrected chi connectivity index (χ4v) is 1.60. The number of methoxy groups -OCH3 is 1. The van der Waals surface area contributed by atoms with Crippen LogP contribution < -0.4 is 16.0 Å². The molecule has 7 heteroatoms. The number of hydrogen-bond acceptors (Lipinski definition) is 5. The second kappa shape index (κ2) is 7.44. The minimum absolute atomic E-state index is 0.0951. The van der Waals surface area contributed by atoms with Crippen LogP contribution in [0.15, 0.2) is 24.3 Å². The summed E-state index contributed by atoms with van der Waals surface area (Å²) in [6, 6.07) is 5.98. The molecule has 3 N–H and O–H groups in total. The molecule has 7 nitrogen and oxygen atoms in total. The number of carbonyl (C=O) groups is 3. The molecule has 0 heterocycles. The number of anilines is 1. The molecule has 0 fully saturated rings. The number of nitrogens with one attached hydrogen (secondary N) is 3. The quantitative estimate of drug-likeness (QED) is 0.733.